The summed E-state index contributed by atoms with van der Waals surface area (Å²) in [5.41, 5.74) is 6.72. The zero-order valence-corrected chi connectivity index (χ0v) is 29.7. The molecule has 0 saturated heterocycles. The highest BCUT2D eigenvalue weighted by atomic mass is 32.2. The maximum absolute atomic E-state index is 11.1. The Morgan fingerprint density at radius 3 is 2.10 bits per heavy atom. The summed E-state index contributed by atoms with van der Waals surface area (Å²) >= 11 is 6.51. The van der Waals surface area contributed by atoms with Gasteiger partial charge in [0.05, 0.1) is 17.5 Å². The lowest BCUT2D eigenvalue weighted by molar-refractivity contribution is -0.137. The summed E-state index contributed by atoms with van der Waals surface area (Å²) in [5, 5.41) is 4.67. The highest BCUT2D eigenvalue weighted by molar-refractivity contribution is 7.99. The number of aryl methyl sites for hydroxylation is 1. The number of unbranched alkanes of at least 4 members (excludes halogenated alkanes) is 3. The van der Waals surface area contributed by atoms with Crippen molar-refractivity contribution in [3.63, 3.8) is 0 Å². The summed E-state index contributed by atoms with van der Waals surface area (Å²) < 4.78 is 11.2. The summed E-state index contributed by atoms with van der Waals surface area (Å²) in [4.78, 5) is 16.3. The van der Waals surface area contributed by atoms with Gasteiger partial charge in [0.1, 0.15) is 12.4 Å². The van der Waals surface area contributed by atoms with Crippen LogP contribution in [0.1, 0.15) is 59.1 Å². The van der Waals surface area contributed by atoms with Crippen molar-refractivity contribution in [2.75, 3.05) is 12.4 Å². The quantitative estimate of drug-likeness (QED) is 0.0234. The number of aliphatic imine (C=N–C) groups is 1. The monoisotopic (exact) mass is 691 g/mol. The number of thioether (sulfide) groups is 1. The Morgan fingerprint density at radius 2 is 1.38 bits per heavy atom. The van der Waals surface area contributed by atoms with Crippen LogP contribution < -0.4 is 4.74 Å². The van der Waals surface area contributed by atoms with Gasteiger partial charge in [-0.25, -0.2) is 4.79 Å². The van der Waals surface area contributed by atoms with Crippen LogP contribution in [0.4, 0.5) is 5.69 Å². The molecule has 0 saturated carbocycles. The fourth-order valence-electron chi connectivity index (χ4n) is 5.09. The molecule has 6 heteroatoms. The number of rotatable bonds is 13. The van der Waals surface area contributed by atoms with Gasteiger partial charge in [-0.1, -0.05) is 61.3 Å². The van der Waals surface area contributed by atoms with Gasteiger partial charge in [0.25, 0.3) is 0 Å². The van der Waals surface area contributed by atoms with Crippen LogP contribution in [0.15, 0.2) is 126 Å². The van der Waals surface area contributed by atoms with Crippen molar-refractivity contribution in [3.05, 3.63) is 149 Å². The third-order valence-corrected chi connectivity index (χ3v) is 8.98. The van der Waals surface area contributed by atoms with E-state index in [9.17, 15) is 4.79 Å². The van der Waals surface area contributed by atoms with Gasteiger partial charge in [-0.3, -0.25) is 0 Å². The minimum absolute atomic E-state index is 0.348. The highest BCUT2D eigenvalue weighted by Crippen LogP contribution is 2.23. The number of thiocarbonyl (C=S) groups is 1. The molecule has 0 unspecified atom stereocenters. The molecule has 248 valence electrons. The normalized spacial score (nSPS) is 10.2. The summed E-state index contributed by atoms with van der Waals surface area (Å²) in [6, 6.07) is 34.8. The molecule has 50 heavy (non-hydrogen) atoms. The number of ether oxygens (including phenoxy) is 2. The molecule has 5 aromatic carbocycles. The van der Waals surface area contributed by atoms with Gasteiger partial charge in [0.2, 0.25) is 0 Å². The van der Waals surface area contributed by atoms with Gasteiger partial charge < -0.3 is 9.47 Å². The van der Waals surface area contributed by atoms with Crippen LogP contribution in [0.3, 0.4) is 0 Å². The van der Waals surface area contributed by atoms with E-state index in [0.717, 1.165) is 87.0 Å². The molecule has 0 radical (unpaired) electrons. The number of carbonyl (C=O) groups is 1. The molecule has 0 spiro atoms. The number of hydrogen-bond acceptors (Lipinski definition) is 6. The molecule has 0 fully saturated rings. The van der Waals surface area contributed by atoms with E-state index in [1.807, 2.05) is 61.2 Å². The smallest absolute Gasteiger partial charge is 0.330 e. The van der Waals surface area contributed by atoms with E-state index >= 15 is 0 Å². The Kier molecular flexibility index (Phi) is 13.6. The van der Waals surface area contributed by atoms with E-state index in [1.54, 1.807) is 0 Å². The summed E-state index contributed by atoms with van der Waals surface area (Å²) in [7, 11) is 0. The molecule has 0 heterocycles. The third kappa shape index (κ3) is 11.4. The Morgan fingerprint density at radius 1 is 0.760 bits per heavy atom. The van der Waals surface area contributed by atoms with Crippen LogP contribution in [0.5, 0.6) is 5.75 Å². The van der Waals surface area contributed by atoms with E-state index in [4.69, 9.17) is 9.47 Å². The number of carbonyl (C=O) groups excluding carboxylic acids is 1. The highest BCUT2D eigenvalue weighted by Gasteiger charge is 2.04. The minimum atomic E-state index is -0.348. The maximum Gasteiger partial charge on any atom is 0.330 e. The standard InChI is InChI=1S/C44H37NO3S2/c1-3-44(46)47-26-6-4-5-7-27-50-42-23-16-35(17-24-42)9-11-37-12-19-40-30-38(13-20-39(40)29-37)31-48-43-25-18-36(28-33(43)2)10-8-34-14-21-41(22-15-34)45-32-49/h3,12-25,28-30H,1,4-7,26-27,31H2,2H3. The molecule has 0 aliphatic heterocycles. The van der Waals surface area contributed by atoms with E-state index in [-0.39, 0.29) is 5.97 Å². The Balaban J connectivity index is 1.09. The molecule has 0 amide bonds. The molecular weight excluding hydrogens is 655 g/mol. The first-order chi connectivity index (χ1) is 24.5. The van der Waals surface area contributed by atoms with Gasteiger partial charge >= 0.3 is 5.97 Å². The topological polar surface area (TPSA) is 47.9 Å². The number of benzene rings is 5. The molecular formula is C44H37NO3S2. The van der Waals surface area contributed by atoms with Crippen molar-refractivity contribution in [1.82, 2.24) is 0 Å². The van der Waals surface area contributed by atoms with Crippen molar-refractivity contribution >= 4 is 51.6 Å². The van der Waals surface area contributed by atoms with Crippen molar-refractivity contribution in [2.24, 2.45) is 4.99 Å². The van der Waals surface area contributed by atoms with Gasteiger partial charge in [-0.05, 0) is 145 Å². The SMILES string of the molecule is C=CC(=O)OCCCCCCSc1ccc(C#Cc2ccc3cc(COc4ccc(C#Cc5ccc(N=C=S)cc5)cc4C)ccc3c2)cc1. The van der Waals surface area contributed by atoms with Crippen LogP contribution in [-0.4, -0.2) is 23.5 Å². The predicted molar refractivity (Wildman–Crippen MR) is 209 cm³/mol. The molecule has 0 bridgehead atoms. The van der Waals surface area contributed by atoms with Crippen molar-refractivity contribution < 1.29 is 14.3 Å². The Bertz CT molecular complexity index is 2120. The summed E-state index contributed by atoms with van der Waals surface area (Å²) in [6.45, 7) is 6.38. The zero-order chi connectivity index (χ0) is 35.0. The first-order valence-corrected chi connectivity index (χ1v) is 17.9. The van der Waals surface area contributed by atoms with Crippen molar-refractivity contribution in [2.45, 2.75) is 44.1 Å². The number of hydrogen-bond donors (Lipinski definition) is 0. The average Bonchev–Trinajstić information content (AvgIpc) is 3.14. The zero-order valence-electron chi connectivity index (χ0n) is 28.0. The second-order valence-electron chi connectivity index (χ2n) is 11.6. The minimum Gasteiger partial charge on any atom is -0.489 e. The first-order valence-electron chi connectivity index (χ1n) is 16.5. The number of fused-ring (bicyclic) bond motifs is 1. The van der Waals surface area contributed by atoms with Crippen molar-refractivity contribution in [1.29, 1.82) is 0 Å². The van der Waals surface area contributed by atoms with Gasteiger partial charge in [0.15, 0.2) is 0 Å². The van der Waals surface area contributed by atoms with E-state index < -0.39 is 0 Å². The second kappa shape index (κ2) is 19.0. The van der Waals surface area contributed by atoms with E-state index in [1.165, 1.54) is 11.0 Å². The molecule has 5 aromatic rings. The van der Waals surface area contributed by atoms with Crippen molar-refractivity contribution in [3.8, 4) is 29.4 Å². The molecule has 0 atom stereocenters. The molecule has 0 aromatic heterocycles. The van der Waals surface area contributed by atoms with Crippen LogP contribution in [0.25, 0.3) is 10.8 Å². The van der Waals surface area contributed by atoms with E-state index in [0.29, 0.717) is 13.2 Å². The summed E-state index contributed by atoms with van der Waals surface area (Å²) in [5.74, 6) is 14.6. The van der Waals surface area contributed by atoms with Crippen LogP contribution in [0.2, 0.25) is 0 Å². The molecule has 0 aliphatic carbocycles. The molecule has 5 rings (SSSR count). The average molecular weight is 692 g/mol. The van der Waals surface area contributed by atoms with Gasteiger partial charge in [0, 0.05) is 33.2 Å². The second-order valence-corrected chi connectivity index (χ2v) is 12.9. The third-order valence-electron chi connectivity index (χ3n) is 7.79. The lowest BCUT2D eigenvalue weighted by Gasteiger charge is -2.10. The summed E-state index contributed by atoms with van der Waals surface area (Å²) in [6.07, 6.45) is 5.41. The number of nitrogens with zero attached hydrogens (tertiary/aromatic N) is 1. The first kappa shape index (κ1) is 35.9. The Labute approximate surface area is 304 Å². The molecule has 0 aliphatic rings. The fraction of sp³-hybridized carbons (Fsp3) is 0.182. The number of esters is 1. The van der Waals surface area contributed by atoms with Crippen LogP contribution in [-0.2, 0) is 16.1 Å². The van der Waals surface area contributed by atoms with Gasteiger partial charge in [-0.2, -0.15) is 4.99 Å². The predicted octanol–water partition coefficient (Wildman–Crippen LogP) is 10.6. The van der Waals surface area contributed by atoms with Crippen LogP contribution >= 0.6 is 24.0 Å². The molecule has 4 nitrogen and oxygen atoms in total. The van der Waals surface area contributed by atoms with Crippen LogP contribution in [0, 0.1) is 30.6 Å². The van der Waals surface area contributed by atoms with Gasteiger partial charge in [-0.15, -0.1) is 11.8 Å². The largest absolute Gasteiger partial charge is 0.489 e. The molecule has 0 N–H and O–H groups in total. The lowest BCUT2D eigenvalue weighted by Crippen LogP contribution is -2.01. The maximum atomic E-state index is 11.1. The number of isothiocyanates is 1. The Hall–Kier alpha value is -5.36. The fourth-order valence-corrected chi connectivity index (χ4v) is 6.11. The lowest BCUT2D eigenvalue weighted by atomic mass is 10.0. The van der Waals surface area contributed by atoms with E-state index in [2.05, 4.69) is 113 Å².